The molecule has 0 unspecified atom stereocenters. The van der Waals surface area contributed by atoms with Gasteiger partial charge in [0.2, 0.25) is 5.91 Å². The van der Waals surface area contributed by atoms with Crippen molar-refractivity contribution in [3.63, 3.8) is 0 Å². The van der Waals surface area contributed by atoms with Gasteiger partial charge < -0.3 is 15.8 Å². The quantitative estimate of drug-likeness (QED) is 0.732. The zero-order chi connectivity index (χ0) is 18.3. The normalized spacial score (nSPS) is 19.8. The number of pyridine rings is 1. The van der Waals surface area contributed by atoms with E-state index in [4.69, 9.17) is 10.5 Å². The van der Waals surface area contributed by atoms with E-state index in [1.54, 1.807) is 18.5 Å². The van der Waals surface area contributed by atoms with Crippen molar-refractivity contribution in [3.05, 3.63) is 42.2 Å². The van der Waals surface area contributed by atoms with Gasteiger partial charge in [0.15, 0.2) is 0 Å². The van der Waals surface area contributed by atoms with Crippen molar-refractivity contribution in [2.24, 2.45) is 11.7 Å². The van der Waals surface area contributed by atoms with Crippen LogP contribution in [0, 0.1) is 5.92 Å². The molecule has 7 nitrogen and oxygen atoms in total. The minimum Gasteiger partial charge on any atom is -0.491 e. The molecular formula is C19H20N4O3. The zero-order valence-corrected chi connectivity index (χ0v) is 14.4. The van der Waals surface area contributed by atoms with Gasteiger partial charge in [0.25, 0.3) is 5.91 Å². The first-order valence-electron chi connectivity index (χ1n) is 8.69. The van der Waals surface area contributed by atoms with Gasteiger partial charge in [-0.25, -0.2) is 4.98 Å². The Morgan fingerprint density at radius 2 is 2.31 bits per heavy atom. The Morgan fingerprint density at radius 1 is 1.46 bits per heavy atom. The summed E-state index contributed by atoms with van der Waals surface area (Å²) >= 11 is 0. The lowest BCUT2D eigenvalue weighted by Crippen LogP contribution is -2.34. The van der Waals surface area contributed by atoms with E-state index in [0.29, 0.717) is 30.0 Å². The number of ether oxygens (including phenoxy) is 1. The van der Waals surface area contributed by atoms with E-state index >= 15 is 0 Å². The smallest absolute Gasteiger partial charge is 0.252 e. The van der Waals surface area contributed by atoms with E-state index in [1.807, 2.05) is 22.6 Å². The van der Waals surface area contributed by atoms with Gasteiger partial charge in [0, 0.05) is 24.2 Å². The topological polar surface area (TPSA) is 98.7 Å². The van der Waals surface area contributed by atoms with E-state index in [9.17, 15) is 9.59 Å². The van der Waals surface area contributed by atoms with Gasteiger partial charge in [-0.05, 0) is 24.1 Å². The summed E-state index contributed by atoms with van der Waals surface area (Å²) in [6.07, 6.45) is 4.89. The average Bonchev–Trinajstić information content (AvgIpc) is 3.25. The molecule has 134 valence electrons. The number of imidazole rings is 1. The van der Waals surface area contributed by atoms with E-state index < -0.39 is 5.91 Å². The summed E-state index contributed by atoms with van der Waals surface area (Å²) in [5, 5.41) is 3.76. The summed E-state index contributed by atoms with van der Waals surface area (Å²) in [7, 11) is 0. The first kappa shape index (κ1) is 16.4. The number of nitrogens with one attached hydrogen (secondary N) is 1. The van der Waals surface area contributed by atoms with Gasteiger partial charge in [-0.1, -0.05) is 19.4 Å². The molecule has 0 radical (unpaired) electrons. The second-order valence-corrected chi connectivity index (χ2v) is 6.59. The first-order valence-corrected chi connectivity index (χ1v) is 8.69. The summed E-state index contributed by atoms with van der Waals surface area (Å²) < 4.78 is 7.87. The zero-order valence-electron chi connectivity index (χ0n) is 14.4. The average molecular weight is 352 g/mol. The van der Waals surface area contributed by atoms with Crippen LogP contribution < -0.4 is 15.8 Å². The number of nitrogens with zero attached hydrogens (tertiary/aromatic N) is 2. The van der Waals surface area contributed by atoms with Crippen molar-refractivity contribution in [2.45, 2.75) is 25.8 Å². The molecule has 26 heavy (non-hydrogen) atoms. The molecule has 3 N–H and O–H groups in total. The van der Waals surface area contributed by atoms with Crippen LogP contribution >= 0.6 is 0 Å². The Bertz CT molecular complexity index is 1010. The Hall–Kier alpha value is -3.09. The predicted molar refractivity (Wildman–Crippen MR) is 97.0 cm³/mol. The van der Waals surface area contributed by atoms with Crippen molar-refractivity contribution in [1.82, 2.24) is 14.7 Å². The molecule has 1 aliphatic heterocycles. The summed E-state index contributed by atoms with van der Waals surface area (Å²) in [4.78, 5) is 27.7. The predicted octanol–water partition coefficient (Wildman–Crippen LogP) is 1.88. The molecule has 0 spiro atoms. The van der Waals surface area contributed by atoms with E-state index in [0.717, 1.165) is 17.3 Å². The van der Waals surface area contributed by atoms with E-state index in [-0.39, 0.29) is 17.9 Å². The maximum Gasteiger partial charge on any atom is 0.252 e. The SMILES string of the molecule is CC[C@H]1CC(=O)N[C@@H]1COc1cccc2c1cc(C(N)=O)c1nccn12. The second-order valence-electron chi connectivity index (χ2n) is 6.59. The third-order valence-electron chi connectivity index (χ3n) is 5.04. The van der Waals surface area contributed by atoms with Crippen LogP contribution in [0.2, 0.25) is 0 Å². The van der Waals surface area contributed by atoms with E-state index in [1.165, 1.54) is 0 Å². The van der Waals surface area contributed by atoms with Crippen molar-refractivity contribution in [2.75, 3.05) is 6.61 Å². The highest BCUT2D eigenvalue weighted by molar-refractivity contribution is 6.03. The van der Waals surface area contributed by atoms with Gasteiger partial charge >= 0.3 is 0 Å². The molecule has 1 aliphatic rings. The molecule has 0 saturated carbocycles. The van der Waals surface area contributed by atoms with Crippen LogP contribution in [0.3, 0.4) is 0 Å². The Morgan fingerprint density at radius 3 is 3.08 bits per heavy atom. The number of carbonyl (C=O) groups is 2. The largest absolute Gasteiger partial charge is 0.491 e. The lowest BCUT2D eigenvalue weighted by molar-refractivity contribution is -0.119. The van der Waals surface area contributed by atoms with Crippen molar-refractivity contribution in [1.29, 1.82) is 0 Å². The summed E-state index contributed by atoms with van der Waals surface area (Å²) in [5.41, 5.74) is 7.27. The third kappa shape index (κ3) is 2.65. The maximum absolute atomic E-state index is 11.8. The number of rotatable bonds is 5. The minimum absolute atomic E-state index is 0.00431. The molecule has 0 aliphatic carbocycles. The number of hydrogen-bond acceptors (Lipinski definition) is 4. The number of nitrogens with two attached hydrogens (primary N) is 1. The number of carbonyl (C=O) groups excluding carboxylic acids is 2. The number of hydrogen-bond donors (Lipinski definition) is 2. The van der Waals surface area contributed by atoms with Crippen LogP contribution in [0.15, 0.2) is 36.7 Å². The Balaban J connectivity index is 1.72. The Labute approximate surface area is 150 Å². The molecule has 7 heteroatoms. The van der Waals surface area contributed by atoms with Crippen LogP contribution in [0.5, 0.6) is 5.75 Å². The maximum atomic E-state index is 11.8. The van der Waals surface area contributed by atoms with Crippen LogP contribution in [0.1, 0.15) is 30.1 Å². The molecule has 3 aromatic rings. The molecular weight excluding hydrogens is 332 g/mol. The number of benzene rings is 1. The number of aromatic nitrogens is 2. The van der Waals surface area contributed by atoms with Crippen LogP contribution in [0.25, 0.3) is 16.6 Å². The molecule has 1 aromatic carbocycles. The summed E-state index contributed by atoms with van der Waals surface area (Å²) in [6, 6.07) is 7.41. The molecule has 4 rings (SSSR count). The van der Waals surface area contributed by atoms with E-state index in [2.05, 4.69) is 17.2 Å². The fraction of sp³-hybridized carbons (Fsp3) is 0.316. The molecule has 2 aromatic heterocycles. The van der Waals surface area contributed by atoms with Gasteiger partial charge in [-0.3, -0.25) is 14.0 Å². The molecule has 3 heterocycles. The molecule has 2 amide bonds. The lowest BCUT2D eigenvalue weighted by atomic mass is 9.98. The van der Waals surface area contributed by atoms with Crippen LogP contribution in [-0.2, 0) is 4.79 Å². The lowest BCUT2D eigenvalue weighted by Gasteiger charge is -2.19. The molecule has 1 fully saturated rings. The van der Waals surface area contributed by atoms with Gasteiger partial charge in [-0.2, -0.15) is 0 Å². The molecule has 1 saturated heterocycles. The highest BCUT2D eigenvalue weighted by atomic mass is 16.5. The standard InChI is InChI=1S/C19H20N4O3/c1-2-11-8-17(24)22-14(11)10-26-16-5-3-4-15-12(16)9-13(18(20)25)19-21-6-7-23(15)19/h3-7,9,11,14H,2,8,10H2,1H3,(H2,20,25)(H,22,24)/t11-,14+/m0/s1. The fourth-order valence-electron chi connectivity index (χ4n) is 3.65. The number of fused-ring (bicyclic) bond motifs is 3. The molecule has 0 bridgehead atoms. The number of amides is 2. The fourth-order valence-corrected chi connectivity index (χ4v) is 3.65. The molecule has 2 atom stereocenters. The van der Waals surface area contributed by atoms with Crippen LogP contribution in [-0.4, -0.2) is 33.8 Å². The monoisotopic (exact) mass is 352 g/mol. The second kappa shape index (κ2) is 6.33. The highest BCUT2D eigenvalue weighted by Gasteiger charge is 2.31. The van der Waals surface area contributed by atoms with Gasteiger partial charge in [-0.15, -0.1) is 0 Å². The first-order chi connectivity index (χ1) is 12.6. The highest BCUT2D eigenvalue weighted by Crippen LogP contribution is 2.29. The number of primary amides is 1. The van der Waals surface area contributed by atoms with Gasteiger partial charge in [0.05, 0.1) is 17.1 Å². The van der Waals surface area contributed by atoms with Crippen molar-refractivity contribution < 1.29 is 14.3 Å². The third-order valence-corrected chi connectivity index (χ3v) is 5.04. The van der Waals surface area contributed by atoms with Gasteiger partial charge in [0.1, 0.15) is 18.0 Å². The summed E-state index contributed by atoms with van der Waals surface area (Å²) in [5.74, 6) is 0.460. The Kier molecular flexibility index (Phi) is 3.99. The van der Waals surface area contributed by atoms with Crippen molar-refractivity contribution >= 4 is 28.4 Å². The summed E-state index contributed by atoms with van der Waals surface area (Å²) in [6.45, 7) is 2.46. The van der Waals surface area contributed by atoms with Crippen molar-refractivity contribution in [3.8, 4) is 5.75 Å². The van der Waals surface area contributed by atoms with Crippen LogP contribution in [0.4, 0.5) is 0 Å². The minimum atomic E-state index is -0.535.